The molecule has 0 spiro atoms. The van der Waals surface area contributed by atoms with Crippen LogP contribution in [0.25, 0.3) is 0 Å². The zero-order valence-corrected chi connectivity index (χ0v) is 10.6. The molecule has 1 heterocycles. The number of methoxy groups -OCH3 is 1. The smallest absolute Gasteiger partial charge is 0.229 e. The lowest BCUT2D eigenvalue weighted by Gasteiger charge is -2.29. The summed E-state index contributed by atoms with van der Waals surface area (Å²) in [5.74, 6) is 0.0434. The Bertz CT molecular complexity index is 490. The first-order valence-corrected chi connectivity index (χ1v) is 6.37. The van der Waals surface area contributed by atoms with E-state index in [0.29, 0.717) is 6.54 Å². The molecule has 1 N–H and O–H groups in total. The van der Waals surface area contributed by atoms with Crippen LogP contribution in [0, 0.1) is 5.92 Å². The van der Waals surface area contributed by atoms with Crippen LogP contribution in [0.1, 0.15) is 12.0 Å². The minimum atomic E-state index is -1.11. The summed E-state index contributed by atoms with van der Waals surface area (Å²) in [6.07, 6.45) is -1.82. The van der Waals surface area contributed by atoms with Gasteiger partial charge in [0.1, 0.15) is 11.9 Å². The maximum atomic E-state index is 13.7. The molecule has 2 aliphatic rings. The summed E-state index contributed by atoms with van der Waals surface area (Å²) >= 11 is 0. The Balaban J connectivity index is 1.77. The number of nitrogens with zero attached hydrogens (tertiary/aromatic N) is 1. The van der Waals surface area contributed by atoms with Gasteiger partial charge < -0.3 is 14.7 Å². The number of amides is 1. The Hall–Kier alpha value is -1.62. The maximum absolute atomic E-state index is 13.7. The minimum absolute atomic E-state index is 0.137. The van der Waals surface area contributed by atoms with Crippen molar-refractivity contribution in [3.05, 3.63) is 29.8 Å². The fourth-order valence-electron chi connectivity index (χ4n) is 3.07. The molecule has 2 bridgehead atoms. The van der Waals surface area contributed by atoms with Crippen molar-refractivity contribution in [1.82, 2.24) is 4.90 Å². The van der Waals surface area contributed by atoms with Gasteiger partial charge in [0.15, 0.2) is 0 Å². The molecule has 4 atom stereocenters. The summed E-state index contributed by atoms with van der Waals surface area (Å²) in [5.41, 5.74) is 0.904. The topological polar surface area (TPSA) is 49.8 Å². The number of hydrogen-bond donors (Lipinski definition) is 1. The third-order valence-corrected chi connectivity index (χ3v) is 4.08. The van der Waals surface area contributed by atoms with Crippen LogP contribution in [0.4, 0.5) is 4.39 Å². The molecular weight excluding hydrogens is 249 g/mol. The van der Waals surface area contributed by atoms with Crippen molar-refractivity contribution in [3.63, 3.8) is 0 Å². The number of carbonyl (C=O) groups is 1. The number of hydrogen-bond acceptors (Lipinski definition) is 3. The predicted octanol–water partition coefficient (Wildman–Crippen LogP) is 1.12. The number of aliphatic hydroxyl groups excluding tert-OH is 1. The lowest BCUT2D eigenvalue weighted by atomic mass is 10.1. The molecule has 4 nitrogen and oxygen atoms in total. The van der Waals surface area contributed by atoms with Crippen LogP contribution in [0.2, 0.25) is 0 Å². The summed E-state index contributed by atoms with van der Waals surface area (Å²) in [6.45, 7) is 0.335. The molecule has 1 saturated heterocycles. The predicted molar refractivity (Wildman–Crippen MR) is 66.3 cm³/mol. The molecule has 5 heteroatoms. The van der Waals surface area contributed by atoms with Crippen molar-refractivity contribution < 1.29 is 19.0 Å². The Morgan fingerprint density at radius 2 is 2.11 bits per heavy atom. The van der Waals surface area contributed by atoms with E-state index in [0.717, 1.165) is 11.3 Å². The number of benzene rings is 1. The molecule has 0 aromatic heterocycles. The highest BCUT2D eigenvalue weighted by Crippen LogP contribution is 2.41. The summed E-state index contributed by atoms with van der Waals surface area (Å²) in [5, 5.41) is 9.88. The van der Waals surface area contributed by atoms with Crippen LogP contribution in [0.15, 0.2) is 24.3 Å². The third-order valence-electron chi connectivity index (χ3n) is 4.08. The van der Waals surface area contributed by atoms with Crippen molar-refractivity contribution in [2.75, 3.05) is 7.11 Å². The van der Waals surface area contributed by atoms with E-state index in [4.69, 9.17) is 4.74 Å². The highest BCUT2D eigenvalue weighted by molar-refractivity contribution is 5.84. The number of rotatable bonds is 3. The van der Waals surface area contributed by atoms with Gasteiger partial charge in [-0.1, -0.05) is 12.1 Å². The Labute approximate surface area is 110 Å². The highest BCUT2D eigenvalue weighted by atomic mass is 19.1. The largest absolute Gasteiger partial charge is 0.497 e. The average molecular weight is 265 g/mol. The monoisotopic (exact) mass is 265 g/mol. The molecule has 1 saturated carbocycles. The van der Waals surface area contributed by atoms with Gasteiger partial charge in [0.05, 0.1) is 25.2 Å². The number of carbonyl (C=O) groups excluding carboxylic acids is 1. The maximum Gasteiger partial charge on any atom is 0.229 e. The second kappa shape index (κ2) is 4.49. The normalized spacial score (nSPS) is 33.0. The molecule has 1 aromatic carbocycles. The lowest BCUT2D eigenvalue weighted by molar-refractivity contribution is -0.136. The van der Waals surface area contributed by atoms with Gasteiger partial charge in [0.25, 0.3) is 0 Å². The standard InChI is InChI=1S/C14H16FNO3/c1-19-9-4-2-8(3-5-9)7-16-12-11(15)6-10(13(12)17)14(16)18/h2-5,10-13,17H,6-7H2,1H3/t10-,11-,12+,13+/m0/s1. The van der Waals surface area contributed by atoms with Crippen molar-refractivity contribution in [3.8, 4) is 5.75 Å². The quantitative estimate of drug-likeness (QED) is 0.891. The van der Waals surface area contributed by atoms with Gasteiger partial charge in [-0.2, -0.15) is 0 Å². The van der Waals surface area contributed by atoms with Crippen LogP contribution < -0.4 is 4.74 Å². The van der Waals surface area contributed by atoms with E-state index in [1.807, 2.05) is 12.1 Å². The van der Waals surface area contributed by atoms with Crippen LogP contribution in [0.3, 0.4) is 0 Å². The summed E-state index contributed by atoms with van der Waals surface area (Å²) in [4.78, 5) is 13.5. The Morgan fingerprint density at radius 3 is 2.68 bits per heavy atom. The average Bonchev–Trinajstić information content (AvgIpc) is 2.82. The molecule has 2 fully saturated rings. The number of alkyl halides is 1. The van der Waals surface area contributed by atoms with Crippen LogP contribution in [0.5, 0.6) is 5.75 Å². The Morgan fingerprint density at radius 1 is 1.42 bits per heavy atom. The van der Waals surface area contributed by atoms with Gasteiger partial charge in [-0.15, -0.1) is 0 Å². The summed E-state index contributed by atoms with van der Waals surface area (Å²) in [7, 11) is 1.59. The Kier molecular flexibility index (Phi) is 2.93. The minimum Gasteiger partial charge on any atom is -0.497 e. The molecule has 1 aromatic rings. The zero-order valence-electron chi connectivity index (χ0n) is 10.6. The van der Waals surface area contributed by atoms with E-state index >= 15 is 0 Å². The molecule has 3 rings (SSSR count). The molecule has 19 heavy (non-hydrogen) atoms. The van der Waals surface area contributed by atoms with Crippen molar-refractivity contribution >= 4 is 5.91 Å². The lowest BCUT2D eigenvalue weighted by Crippen LogP contribution is -2.43. The van der Waals surface area contributed by atoms with Gasteiger partial charge in [-0.05, 0) is 24.1 Å². The van der Waals surface area contributed by atoms with E-state index in [2.05, 4.69) is 0 Å². The number of piperidine rings is 1. The number of aliphatic hydroxyl groups is 1. The number of fused-ring (bicyclic) bond motifs is 2. The van der Waals surface area contributed by atoms with Crippen molar-refractivity contribution in [2.45, 2.75) is 31.3 Å². The fraction of sp³-hybridized carbons (Fsp3) is 0.500. The number of likely N-dealkylation sites (tertiary alicyclic amines) is 1. The second-order valence-electron chi connectivity index (χ2n) is 5.15. The molecule has 0 radical (unpaired) electrons. The third kappa shape index (κ3) is 1.89. The van der Waals surface area contributed by atoms with Gasteiger partial charge in [-0.3, -0.25) is 4.79 Å². The van der Waals surface area contributed by atoms with Crippen LogP contribution in [-0.4, -0.2) is 41.3 Å². The molecule has 1 aliphatic heterocycles. The second-order valence-corrected chi connectivity index (χ2v) is 5.15. The van der Waals surface area contributed by atoms with Gasteiger partial charge in [0, 0.05) is 6.54 Å². The van der Waals surface area contributed by atoms with E-state index in [1.54, 1.807) is 19.2 Å². The fourth-order valence-corrected chi connectivity index (χ4v) is 3.07. The molecular formula is C14H16FNO3. The van der Waals surface area contributed by atoms with Crippen molar-refractivity contribution in [2.24, 2.45) is 5.92 Å². The van der Waals surface area contributed by atoms with Gasteiger partial charge in [-0.25, -0.2) is 4.39 Å². The molecule has 102 valence electrons. The van der Waals surface area contributed by atoms with E-state index in [1.165, 1.54) is 4.90 Å². The van der Waals surface area contributed by atoms with Crippen LogP contribution >= 0.6 is 0 Å². The first-order valence-electron chi connectivity index (χ1n) is 6.37. The van der Waals surface area contributed by atoms with E-state index in [9.17, 15) is 14.3 Å². The molecule has 1 aliphatic carbocycles. The first kappa shape index (κ1) is 12.4. The summed E-state index contributed by atoms with van der Waals surface area (Å²) < 4.78 is 18.8. The molecule has 1 amide bonds. The van der Waals surface area contributed by atoms with Crippen molar-refractivity contribution in [1.29, 1.82) is 0 Å². The SMILES string of the molecule is COc1ccc(CN2C(=O)[C@H]3C[C@H](F)[C@@H]2[C@@H]3O)cc1. The summed E-state index contributed by atoms with van der Waals surface area (Å²) in [6, 6.07) is 6.62. The molecule has 0 unspecified atom stereocenters. The zero-order chi connectivity index (χ0) is 13.6. The van der Waals surface area contributed by atoms with E-state index < -0.39 is 24.2 Å². The number of ether oxygens (including phenoxy) is 1. The number of halogens is 1. The van der Waals surface area contributed by atoms with Gasteiger partial charge >= 0.3 is 0 Å². The highest BCUT2D eigenvalue weighted by Gasteiger charge is 2.57. The van der Waals surface area contributed by atoms with Gasteiger partial charge in [0.2, 0.25) is 5.91 Å². The van der Waals surface area contributed by atoms with Crippen LogP contribution in [-0.2, 0) is 11.3 Å². The first-order chi connectivity index (χ1) is 9.11. The van der Waals surface area contributed by atoms with E-state index in [-0.39, 0.29) is 12.3 Å².